The predicted octanol–water partition coefficient (Wildman–Crippen LogP) is 2.65. The van der Waals surface area contributed by atoms with Crippen LogP contribution < -0.4 is 15.4 Å². The van der Waals surface area contributed by atoms with Crippen LogP contribution in [0.5, 0.6) is 5.75 Å². The highest BCUT2D eigenvalue weighted by atomic mass is 35.5. The van der Waals surface area contributed by atoms with Crippen molar-refractivity contribution < 1.29 is 14.3 Å². The number of hydrogen-bond acceptors (Lipinski definition) is 4. The Morgan fingerprint density at radius 3 is 2.63 bits per heavy atom. The van der Waals surface area contributed by atoms with Gasteiger partial charge in [-0.1, -0.05) is 48.0 Å². The topological polar surface area (TPSA) is 70.7 Å². The van der Waals surface area contributed by atoms with E-state index in [-0.39, 0.29) is 36.8 Å². The number of ether oxygens (including phenoxy) is 1. The second-order valence-corrected chi connectivity index (χ2v) is 7.31. The molecule has 30 heavy (non-hydrogen) atoms. The van der Waals surface area contributed by atoms with Gasteiger partial charge in [0.05, 0.1) is 19.7 Å². The summed E-state index contributed by atoms with van der Waals surface area (Å²) in [4.78, 5) is 26.9. The van der Waals surface area contributed by atoms with Gasteiger partial charge in [0.25, 0.3) is 0 Å². The van der Waals surface area contributed by atoms with Gasteiger partial charge in [0.1, 0.15) is 5.75 Å². The minimum Gasteiger partial charge on any atom is -0.496 e. The normalized spacial score (nSPS) is 15.8. The maximum Gasteiger partial charge on any atom is 0.242 e. The van der Waals surface area contributed by atoms with E-state index >= 15 is 0 Å². The molecule has 0 aromatic heterocycles. The lowest BCUT2D eigenvalue weighted by atomic mass is 10.0. The molecule has 1 saturated heterocycles. The third-order valence-corrected chi connectivity index (χ3v) is 5.26. The highest BCUT2D eigenvalue weighted by molar-refractivity contribution is 5.85. The van der Waals surface area contributed by atoms with Crippen molar-refractivity contribution in [2.75, 3.05) is 33.3 Å². The largest absolute Gasteiger partial charge is 0.496 e. The number of aryl methyl sites for hydroxylation is 2. The maximum absolute atomic E-state index is 12.8. The van der Waals surface area contributed by atoms with E-state index in [2.05, 4.69) is 10.6 Å². The minimum absolute atomic E-state index is 0. The molecule has 6 nitrogen and oxygen atoms in total. The first-order chi connectivity index (χ1) is 14.1. The van der Waals surface area contributed by atoms with E-state index in [9.17, 15) is 9.59 Å². The van der Waals surface area contributed by atoms with Crippen molar-refractivity contribution in [3.8, 4) is 5.75 Å². The first-order valence-corrected chi connectivity index (χ1v) is 10.0. The molecule has 0 aliphatic carbocycles. The highest BCUT2D eigenvalue weighted by Crippen LogP contribution is 2.30. The zero-order valence-corrected chi connectivity index (χ0v) is 18.3. The van der Waals surface area contributed by atoms with Gasteiger partial charge in [0, 0.05) is 31.6 Å². The van der Waals surface area contributed by atoms with E-state index in [1.54, 1.807) is 7.11 Å². The highest BCUT2D eigenvalue weighted by Gasteiger charge is 2.29. The molecular formula is C23H30ClN3O3. The molecule has 0 radical (unpaired) electrons. The van der Waals surface area contributed by atoms with Crippen molar-refractivity contribution in [1.29, 1.82) is 0 Å². The van der Waals surface area contributed by atoms with E-state index in [1.807, 2.05) is 60.4 Å². The minimum atomic E-state index is -0.114. The van der Waals surface area contributed by atoms with Crippen molar-refractivity contribution in [2.24, 2.45) is 0 Å². The van der Waals surface area contributed by atoms with Crippen LogP contribution in [-0.2, 0) is 16.0 Å². The Balaban J connectivity index is 0.00000320. The zero-order valence-electron chi connectivity index (χ0n) is 17.5. The standard InChI is InChI=1S/C23H29N3O3.ClH/c1-17-7-9-18(10-8-17)11-12-22(27)25-16-23(28)26-14-13-24-15-20(26)19-5-3-4-6-21(19)29-2;/h3-10,20,24H,11-16H2,1-2H3,(H,25,27);1H. The van der Waals surface area contributed by atoms with Gasteiger partial charge in [-0.15, -0.1) is 12.4 Å². The fourth-order valence-corrected chi connectivity index (χ4v) is 3.60. The number of hydrogen-bond donors (Lipinski definition) is 2. The molecule has 2 amide bonds. The van der Waals surface area contributed by atoms with E-state index in [0.717, 1.165) is 23.4 Å². The number of carbonyl (C=O) groups excluding carboxylic acids is 2. The SMILES string of the molecule is COc1ccccc1C1CNCCN1C(=O)CNC(=O)CCc1ccc(C)cc1.Cl. The molecular weight excluding hydrogens is 402 g/mol. The monoisotopic (exact) mass is 431 g/mol. The lowest BCUT2D eigenvalue weighted by molar-refractivity contribution is -0.135. The number of nitrogens with one attached hydrogen (secondary N) is 2. The van der Waals surface area contributed by atoms with Crippen LogP contribution in [0.3, 0.4) is 0 Å². The predicted molar refractivity (Wildman–Crippen MR) is 120 cm³/mol. The summed E-state index contributed by atoms with van der Waals surface area (Å²) in [6, 6.07) is 15.8. The third-order valence-electron chi connectivity index (χ3n) is 5.26. The number of piperazine rings is 1. The first kappa shape index (κ1) is 23.7. The molecule has 1 unspecified atom stereocenters. The molecule has 7 heteroatoms. The summed E-state index contributed by atoms with van der Waals surface area (Å²) in [5.41, 5.74) is 3.29. The van der Waals surface area contributed by atoms with Gasteiger partial charge >= 0.3 is 0 Å². The molecule has 1 aliphatic heterocycles. The number of rotatable bonds is 7. The maximum atomic E-state index is 12.8. The van der Waals surface area contributed by atoms with Crippen LogP contribution in [0.15, 0.2) is 48.5 Å². The van der Waals surface area contributed by atoms with Crippen molar-refractivity contribution >= 4 is 24.2 Å². The number of methoxy groups -OCH3 is 1. The van der Waals surface area contributed by atoms with E-state index in [0.29, 0.717) is 25.9 Å². The Morgan fingerprint density at radius 1 is 1.17 bits per heavy atom. The summed E-state index contributed by atoms with van der Waals surface area (Å²) in [6.45, 7) is 4.04. The van der Waals surface area contributed by atoms with Gasteiger partial charge < -0.3 is 20.3 Å². The second-order valence-electron chi connectivity index (χ2n) is 7.31. The van der Waals surface area contributed by atoms with Gasteiger partial charge in [-0.3, -0.25) is 9.59 Å². The number of para-hydroxylation sites is 1. The molecule has 2 aromatic rings. The van der Waals surface area contributed by atoms with Crippen LogP contribution in [0.2, 0.25) is 0 Å². The van der Waals surface area contributed by atoms with E-state index in [4.69, 9.17) is 4.74 Å². The van der Waals surface area contributed by atoms with Crippen LogP contribution in [0, 0.1) is 6.92 Å². The van der Waals surface area contributed by atoms with Crippen LogP contribution >= 0.6 is 12.4 Å². The van der Waals surface area contributed by atoms with Gasteiger partial charge in [0.15, 0.2) is 0 Å². The number of benzene rings is 2. The van der Waals surface area contributed by atoms with Gasteiger partial charge in [0.2, 0.25) is 11.8 Å². The lowest BCUT2D eigenvalue weighted by Crippen LogP contribution is -2.51. The second kappa shape index (κ2) is 11.6. The van der Waals surface area contributed by atoms with Crippen LogP contribution in [-0.4, -0.2) is 50.0 Å². The van der Waals surface area contributed by atoms with Crippen LogP contribution in [0.25, 0.3) is 0 Å². The number of nitrogens with zero attached hydrogens (tertiary/aromatic N) is 1. The summed E-state index contributed by atoms with van der Waals surface area (Å²) in [5, 5.41) is 6.12. The van der Waals surface area contributed by atoms with Gasteiger partial charge in [-0.25, -0.2) is 0 Å². The molecule has 0 bridgehead atoms. The van der Waals surface area contributed by atoms with Gasteiger partial charge in [-0.05, 0) is 25.0 Å². The average molecular weight is 432 g/mol. The van der Waals surface area contributed by atoms with E-state index in [1.165, 1.54) is 5.56 Å². The number of amides is 2. The van der Waals surface area contributed by atoms with Crippen molar-refractivity contribution in [3.63, 3.8) is 0 Å². The smallest absolute Gasteiger partial charge is 0.242 e. The first-order valence-electron chi connectivity index (χ1n) is 10.0. The molecule has 1 heterocycles. The number of halogens is 1. The summed E-state index contributed by atoms with van der Waals surface area (Å²) >= 11 is 0. The summed E-state index contributed by atoms with van der Waals surface area (Å²) in [5.74, 6) is 0.579. The van der Waals surface area contributed by atoms with Crippen molar-refractivity contribution in [3.05, 3.63) is 65.2 Å². The molecule has 1 fully saturated rings. The van der Waals surface area contributed by atoms with Crippen LogP contribution in [0.4, 0.5) is 0 Å². The van der Waals surface area contributed by atoms with Gasteiger partial charge in [-0.2, -0.15) is 0 Å². The number of carbonyl (C=O) groups is 2. The fraction of sp³-hybridized carbons (Fsp3) is 0.391. The Kier molecular flexibility index (Phi) is 9.15. The molecule has 3 rings (SSSR count). The summed E-state index contributed by atoms with van der Waals surface area (Å²) < 4.78 is 5.47. The fourth-order valence-electron chi connectivity index (χ4n) is 3.60. The Labute approximate surface area is 184 Å². The summed E-state index contributed by atoms with van der Waals surface area (Å²) in [7, 11) is 1.63. The molecule has 2 aromatic carbocycles. The molecule has 1 atom stereocenters. The average Bonchev–Trinajstić information content (AvgIpc) is 2.77. The van der Waals surface area contributed by atoms with Crippen molar-refractivity contribution in [2.45, 2.75) is 25.8 Å². The lowest BCUT2D eigenvalue weighted by Gasteiger charge is -2.37. The quantitative estimate of drug-likeness (QED) is 0.707. The molecule has 0 saturated carbocycles. The van der Waals surface area contributed by atoms with Crippen LogP contribution in [0.1, 0.15) is 29.2 Å². The summed E-state index contributed by atoms with van der Waals surface area (Å²) in [6.07, 6.45) is 1.03. The molecule has 2 N–H and O–H groups in total. The zero-order chi connectivity index (χ0) is 20.6. The van der Waals surface area contributed by atoms with Crippen molar-refractivity contribution in [1.82, 2.24) is 15.5 Å². The third kappa shape index (κ3) is 6.21. The molecule has 0 spiro atoms. The molecule has 162 valence electrons. The Morgan fingerprint density at radius 2 is 1.90 bits per heavy atom. The molecule has 1 aliphatic rings. The van der Waals surface area contributed by atoms with E-state index < -0.39 is 0 Å². The Hall–Kier alpha value is -2.57. The Bertz CT molecular complexity index is 842.